The van der Waals surface area contributed by atoms with Gasteiger partial charge in [0.05, 0.1) is 6.04 Å². The molecular weight excluding hydrogens is 388 g/mol. The highest BCUT2D eigenvalue weighted by molar-refractivity contribution is 6.35. The van der Waals surface area contributed by atoms with E-state index in [9.17, 15) is 9.59 Å². The summed E-state index contributed by atoms with van der Waals surface area (Å²) in [5, 5.41) is 5.50. The summed E-state index contributed by atoms with van der Waals surface area (Å²) in [4.78, 5) is 31.3. The Hall–Kier alpha value is -3.51. The van der Waals surface area contributed by atoms with Crippen molar-refractivity contribution in [1.82, 2.24) is 20.5 Å². The maximum Gasteiger partial charge on any atom is 0.309 e. The van der Waals surface area contributed by atoms with Crippen molar-refractivity contribution in [2.75, 3.05) is 13.1 Å². The Bertz CT molecular complexity index is 1020. The molecule has 2 N–H and O–H groups in total. The van der Waals surface area contributed by atoms with Crippen LogP contribution < -0.4 is 10.6 Å². The summed E-state index contributed by atoms with van der Waals surface area (Å²) >= 11 is 0. The van der Waals surface area contributed by atoms with E-state index in [1.807, 2.05) is 48.7 Å². The summed E-state index contributed by atoms with van der Waals surface area (Å²) in [5.41, 5.74) is 4.64. The molecule has 0 aliphatic carbocycles. The molecule has 4 rings (SSSR count). The van der Waals surface area contributed by atoms with Crippen LogP contribution in [0.2, 0.25) is 0 Å². The molecule has 1 atom stereocenters. The number of fused-ring (bicyclic) bond motifs is 1. The lowest BCUT2D eigenvalue weighted by Gasteiger charge is -2.35. The molecule has 3 aromatic rings. The van der Waals surface area contributed by atoms with E-state index in [0.29, 0.717) is 13.1 Å². The van der Waals surface area contributed by atoms with Gasteiger partial charge in [0, 0.05) is 38.6 Å². The van der Waals surface area contributed by atoms with Crippen LogP contribution in [-0.2, 0) is 29.1 Å². The first kappa shape index (κ1) is 20.8. The van der Waals surface area contributed by atoms with Crippen LogP contribution in [0.5, 0.6) is 0 Å². The maximum atomic E-state index is 12.4. The normalized spacial score (nSPS) is 14.3. The minimum atomic E-state index is -0.627. The third-order valence-electron chi connectivity index (χ3n) is 5.63. The zero-order valence-electron chi connectivity index (χ0n) is 17.3. The van der Waals surface area contributed by atoms with E-state index in [-0.39, 0.29) is 6.04 Å². The second-order valence-electron chi connectivity index (χ2n) is 7.67. The molecule has 0 radical (unpaired) electrons. The molecule has 2 heterocycles. The first-order valence-electron chi connectivity index (χ1n) is 10.5. The van der Waals surface area contributed by atoms with Crippen molar-refractivity contribution in [3.05, 3.63) is 101 Å². The molecule has 0 bridgehead atoms. The Kier molecular flexibility index (Phi) is 6.69. The average molecular weight is 415 g/mol. The van der Waals surface area contributed by atoms with Gasteiger partial charge in [0.25, 0.3) is 0 Å². The molecule has 2 amide bonds. The summed E-state index contributed by atoms with van der Waals surface area (Å²) in [5.74, 6) is -1.25. The van der Waals surface area contributed by atoms with Crippen molar-refractivity contribution < 1.29 is 9.59 Å². The zero-order valence-corrected chi connectivity index (χ0v) is 17.3. The number of nitrogens with zero attached hydrogens (tertiary/aromatic N) is 2. The molecule has 158 valence electrons. The van der Waals surface area contributed by atoms with Gasteiger partial charge < -0.3 is 10.6 Å². The van der Waals surface area contributed by atoms with Crippen LogP contribution in [-0.4, -0.2) is 34.8 Å². The number of carbonyl (C=O) groups excluding carboxylic acids is 2. The van der Waals surface area contributed by atoms with E-state index in [1.54, 1.807) is 6.20 Å². The van der Waals surface area contributed by atoms with Gasteiger partial charge in [0.1, 0.15) is 0 Å². The Labute approximate surface area is 182 Å². The van der Waals surface area contributed by atoms with Gasteiger partial charge in [0.2, 0.25) is 0 Å². The third kappa shape index (κ3) is 5.35. The zero-order chi connectivity index (χ0) is 21.5. The first-order chi connectivity index (χ1) is 15.2. The van der Waals surface area contributed by atoms with E-state index >= 15 is 0 Å². The van der Waals surface area contributed by atoms with E-state index in [2.05, 4.69) is 44.8 Å². The minimum Gasteiger partial charge on any atom is -0.346 e. The van der Waals surface area contributed by atoms with Gasteiger partial charge in [-0.2, -0.15) is 0 Å². The predicted molar refractivity (Wildman–Crippen MR) is 119 cm³/mol. The molecule has 0 fully saturated rings. The highest BCUT2D eigenvalue weighted by atomic mass is 16.2. The number of pyridine rings is 1. The van der Waals surface area contributed by atoms with Crippen molar-refractivity contribution in [2.45, 2.75) is 25.6 Å². The second kappa shape index (κ2) is 10.00. The fourth-order valence-corrected chi connectivity index (χ4v) is 3.94. The lowest BCUT2D eigenvalue weighted by Crippen LogP contribution is -2.45. The second-order valence-corrected chi connectivity index (χ2v) is 7.67. The Morgan fingerprint density at radius 2 is 1.65 bits per heavy atom. The number of carbonyl (C=O) groups is 2. The highest BCUT2D eigenvalue weighted by Crippen LogP contribution is 2.27. The van der Waals surface area contributed by atoms with Crippen molar-refractivity contribution in [3.8, 4) is 0 Å². The standard InChI is InChI=1S/C25H26N4O2/c30-24(27-15-19-7-2-1-3-8-19)25(31)28-17-23(21-11-6-13-26-16-21)29-14-12-20-9-4-5-10-22(20)18-29/h1-11,13,16,23H,12,14-15,17-18H2,(H,27,30)(H,28,31)/t23-/m0/s1. The molecule has 0 saturated carbocycles. The molecule has 1 aliphatic heterocycles. The number of rotatable bonds is 6. The average Bonchev–Trinajstić information content (AvgIpc) is 2.83. The fraction of sp³-hybridized carbons (Fsp3) is 0.240. The summed E-state index contributed by atoms with van der Waals surface area (Å²) in [7, 11) is 0. The van der Waals surface area contributed by atoms with Crippen LogP contribution in [0.3, 0.4) is 0 Å². The lowest BCUT2D eigenvalue weighted by molar-refractivity contribution is -0.139. The summed E-state index contributed by atoms with van der Waals surface area (Å²) in [6.07, 6.45) is 4.52. The molecule has 0 unspecified atom stereocenters. The van der Waals surface area contributed by atoms with Crippen LogP contribution >= 0.6 is 0 Å². The third-order valence-corrected chi connectivity index (χ3v) is 5.63. The number of aromatic nitrogens is 1. The number of hydrogen-bond donors (Lipinski definition) is 2. The Balaban J connectivity index is 1.40. The number of amides is 2. The van der Waals surface area contributed by atoms with Crippen molar-refractivity contribution in [1.29, 1.82) is 0 Å². The van der Waals surface area contributed by atoms with E-state index in [4.69, 9.17) is 0 Å². The quantitative estimate of drug-likeness (QED) is 0.608. The molecule has 0 spiro atoms. The molecule has 0 saturated heterocycles. The van der Waals surface area contributed by atoms with Gasteiger partial charge in [0.15, 0.2) is 0 Å². The highest BCUT2D eigenvalue weighted by Gasteiger charge is 2.26. The van der Waals surface area contributed by atoms with Gasteiger partial charge in [-0.3, -0.25) is 19.5 Å². The molecule has 31 heavy (non-hydrogen) atoms. The van der Waals surface area contributed by atoms with Crippen molar-refractivity contribution in [3.63, 3.8) is 0 Å². The monoisotopic (exact) mass is 414 g/mol. The van der Waals surface area contributed by atoms with Crippen LogP contribution in [0.25, 0.3) is 0 Å². The summed E-state index contributed by atoms with van der Waals surface area (Å²) < 4.78 is 0. The molecule has 1 aromatic heterocycles. The summed E-state index contributed by atoms with van der Waals surface area (Å²) in [6.45, 7) is 2.34. The number of nitrogens with one attached hydrogen (secondary N) is 2. The number of benzene rings is 2. The van der Waals surface area contributed by atoms with Gasteiger partial charge in [-0.1, -0.05) is 60.7 Å². The maximum absolute atomic E-state index is 12.4. The van der Waals surface area contributed by atoms with E-state index < -0.39 is 11.8 Å². The van der Waals surface area contributed by atoms with Crippen LogP contribution in [0.4, 0.5) is 0 Å². The van der Waals surface area contributed by atoms with Crippen LogP contribution in [0, 0.1) is 0 Å². The van der Waals surface area contributed by atoms with Crippen LogP contribution in [0.1, 0.15) is 28.3 Å². The Morgan fingerprint density at radius 1 is 0.903 bits per heavy atom. The molecule has 2 aromatic carbocycles. The Morgan fingerprint density at radius 3 is 2.42 bits per heavy atom. The molecule has 6 heteroatoms. The van der Waals surface area contributed by atoms with Crippen LogP contribution in [0.15, 0.2) is 79.1 Å². The van der Waals surface area contributed by atoms with Gasteiger partial charge in [-0.15, -0.1) is 0 Å². The fourth-order valence-electron chi connectivity index (χ4n) is 3.94. The first-order valence-corrected chi connectivity index (χ1v) is 10.5. The SMILES string of the molecule is O=C(NCc1ccccc1)C(=O)NC[C@@H](c1cccnc1)N1CCc2ccccc2C1. The largest absolute Gasteiger partial charge is 0.346 e. The number of hydrogen-bond acceptors (Lipinski definition) is 4. The topological polar surface area (TPSA) is 74.3 Å². The molecule has 6 nitrogen and oxygen atoms in total. The van der Waals surface area contributed by atoms with Gasteiger partial charge in [-0.05, 0) is 34.7 Å². The van der Waals surface area contributed by atoms with Crippen molar-refractivity contribution in [2.24, 2.45) is 0 Å². The molecule has 1 aliphatic rings. The summed E-state index contributed by atoms with van der Waals surface area (Å²) in [6, 6.07) is 21.8. The van der Waals surface area contributed by atoms with Crippen molar-refractivity contribution >= 4 is 11.8 Å². The van der Waals surface area contributed by atoms with E-state index in [0.717, 1.165) is 30.6 Å². The molecular formula is C25H26N4O2. The lowest BCUT2D eigenvalue weighted by atomic mass is 9.97. The van der Waals surface area contributed by atoms with E-state index in [1.165, 1.54) is 11.1 Å². The van der Waals surface area contributed by atoms with Gasteiger partial charge >= 0.3 is 11.8 Å². The smallest absolute Gasteiger partial charge is 0.309 e. The predicted octanol–water partition coefficient (Wildman–Crippen LogP) is 2.61. The van der Waals surface area contributed by atoms with Gasteiger partial charge in [-0.25, -0.2) is 0 Å². The minimum absolute atomic E-state index is 0.0621.